The summed E-state index contributed by atoms with van der Waals surface area (Å²) in [6.45, 7) is 10.1. The van der Waals surface area contributed by atoms with Gasteiger partial charge in [0, 0.05) is 23.9 Å². The molecule has 1 aromatic rings. The molecule has 0 fully saturated rings. The maximum absolute atomic E-state index is 11.1. The van der Waals surface area contributed by atoms with Crippen molar-refractivity contribution in [3.05, 3.63) is 42.2 Å². The number of carbonyl (C=O) groups is 1. The normalized spacial score (nSPS) is 10.9. The first-order valence-electron chi connectivity index (χ1n) is 5.29. The molecule has 3 nitrogen and oxygen atoms in total. The second kappa shape index (κ2) is 4.92. The highest BCUT2D eigenvalue weighted by molar-refractivity contribution is 5.86. The van der Waals surface area contributed by atoms with Crippen molar-refractivity contribution < 1.29 is 4.79 Å². The molecule has 1 N–H and O–H groups in total. The number of aryl methyl sites for hydroxylation is 1. The third-order valence-electron chi connectivity index (χ3n) is 2.49. The first-order valence-corrected chi connectivity index (χ1v) is 5.29. The van der Waals surface area contributed by atoms with Crippen molar-refractivity contribution in [2.45, 2.75) is 26.2 Å². The molecular formula is C13H18N2O. The fraction of sp³-hybridized carbons (Fsp3) is 0.385. The van der Waals surface area contributed by atoms with Gasteiger partial charge in [-0.2, -0.15) is 0 Å². The smallest absolute Gasteiger partial charge is 0.243 e. The molecule has 1 aromatic heterocycles. The summed E-state index contributed by atoms with van der Waals surface area (Å²) in [6.07, 6.45) is 3.12. The molecule has 0 aliphatic carbocycles. The molecule has 16 heavy (non-hydrogen) atoms. The van der Waals surface area contributed by atoms with Crippen LogP contribution in [0.25, 0.3) is 0 Å². The average Bonchev–Trinajstić information content (AvgIpc) is 2.26. The van der Waals surface area contributed by atoms with E-state index in [1.807, 2.05) is 39.1 Å². The number of aromatic nitrogens is 1. The Labute approximate surface area is 96.6 Å². The number of carbonyl (C=O) groups excluding carboxylic acids is 1. The Balaban J connectivity index is 2.73. The van der Waals surface area contributed by atoms with E-state index < -0.39 is 0 Å². The van der Waals surface area contributed by atoms with Gasteiger partial charge in [0.05, 0.1) is 0 Å². The van der Waals surface area contributed by atoms with Crippen LogP contribution in [0, 0.1) is 6.92 Å². The molecule has 0 unspecified atom stereocenters. The molecule has 0 spiro atoms. The summed E-state index contributed by atoms with van der Waals surface area (Å²) in [5.41, 5.74) is 1.93. The standard InChI is InChI=1S/C13H18N2O/c1-5-12(16)15-9-13(3,4)11-7-6-10(2)8-14-11/h5-8H,1,9H2,2-4H3,(H,15,16). The SMILES string of the molecule is C=CC(=O)NCC(C)(C)c1ccc(C)cn1. The van der Waals surface area contributed by atoms with Gasteiger partial charge in [-0.25, -0.2) is 0 Å². The Bertz CT molecular complexity index is 379. The highest BCUT2D eigenvalue weighted by Crippen LogP contribution is 2.19. The minimum absolute atomic E-state index is 0.153. The number of nitrogens with zero attached hydrogens (tertiary/aromatic N) is 1. The zero-order valence-corrected chi connectivity index (χ0v) is 10.1. The van der Waals surface area contributed by atoms with Gasteiger partial charge in [-0.05, 0) is 24.6 Å². The summed E-state index contributed by atoms with van der Waals surface area (Å²) >= 11 is 0. The highest BCUT2D eigenvalue weighted by atomic mass is 16.1. The molecule has 0 saturated heterocycles. The first kappa shape index (κ1) is 12.4. The van der Waals surface area contributed by atoms with Crippen LogP contribution < -0.4 is 5.32 Å². The topological polar surface area (TPSA) is 42.0 Å². The van der Waals surface area contributed by atoms with E-state index >= 15 is 0 Å². The number of pyridine rings is 1. The van der Waals surface area contributed by atoms with Crippen molar-refractivity contribution in [2.75, 3.05) is 6.54 Å². The molecule has 0 aromatic carbocycles. The first-order chi connectivity index (χ1) is 7.45. The summed E-state index contributed by atoms with van der Waals surface area (Å²) in [4.78, 5) is 15.5. The van der Waals surface area contributed by atoms with Gasteiger partial charge in [-0.15, -0.1) is 0 Å². The quantitative estimate of drug-likeness (QED) is 0.785. The maximum Gasteiger partial charge on any atom is 0.243 e. The molecule has 0 aliphatic heterocycles. The average molecular weight is 218 g/mol. The van der Waals surface area contributed by atoms with Crippen LogP contribution in [-0.4, -0.2) is 17.4 Å². The lowest BCUT2D eigenvalue weighted by Crippen LogP contribution is -2.36. The van der Waals surface area contributed by atoms with Gasteiger partial charge in [-0.3, -0.25) is 9.78 Å². The largest absolute Gasteiger partial charge is 0.352 e. The van der Waals surface area contributed by atoms with E-state index in [-0.39, 0.29) is 11.3 Å². The van der Waals surface area contributed by atoms with E-state index in [1.54, 1.807) is 0 Å². The van der Waals surface area contributed by atoms with Crippen molar-refractivity contribution in [1.82, 2.24) is 10.3 Å². The van der Waals surface area contributed by atoms with Crippen LogP contribution >= 0.6 is 0 Å². The van der Waals surface area contributed by atoms with Crippen LogP contribution in [0.5, 0.6) is 0 Å². The molecule has 0 radical (unpaired) electrons. The molecule has 0 bridgehead atoms. The van der Waals surface area contributed by atoms with Crippen molar-refractivity contribution >= 4 is 5.91 Å². The van der Waals surface area contributed by atoms with Gasteiger partial charge in [-0.1, -0.05) is 26.5 Å². The van der Waals surface area contributed by atoms with E-state index in [0.717, 1.165) is 11.3 Å². The van der Waals surface area contributed by atoms with Crippen molar-refractivity contribution in [1.29, 1.82) is 0 Å². The third-order valence-corrected chi connectivity index (χ3v) is 2.49. The lowest BCUT2D eigenvalue weighted by Gasteiger charge is -2.24. The molecule has 1 rings (SSSR count). The van der Waals surface area contributed by atoms with Gasteiger partial charge in [0.15, 0.2) is 0 Å². The lowest BCUT2D eigenvalue weighted by atomic mass is 9.88. The van der Waals surface area contributed by atoms with Crippen LogP contribution in [0.2, 0.25) is 0 Å². The number of hydrogen-bond acceptors (Lipinski definition) is 2. The Morgan fingerprint density at radius 3 is 2.75 bits per heavy atom. The van der Waals surface area contributed by atoms with Crippen LogP contribution in [0.15, 0.2) is 31.0 Å². The monoisotopic (exact) mass is 218 g/mol. The molecule has 3 heteroatoms. The third kappa shape index (κ3) is 3.19. The van der Waals surface area contributed by atoms with E-state index in [0.29, 0.717) is 6.54 Å². The molecule has 86 valence electrons. The fourth-order valence-corrected chi connectivity index (χ4v) is 1.34. The van der Waals surface area contributed by atoms with Gasteiger partial charge in [0.1, 0.15) is 0 Å². The predicted octanol–water partition coefficient (Wildman–Crippen LogP) is 1.97. The number of nitrogens with one attached hydrogen (secondary N) is 1. The predicted molar refractivity (Wildman–Crippen MR) is 65.2 cm³/mol. The summed E-state index contributed by atoms with van der Waals surface area (Å²) in [5.74, 6) is -0.153. The van der Waals surface area contributed by atoms with Gasteiger partial charge in [0.2, 0.25) is 5.91 Å². The zero-order chi connectivity index (χ0) is 12.2. The number of hydrogen-bond donors (Lipinski definition) is 1. The van der Waals surface area contributed by atoms with Crippen LogP contribution in [0.1, 0.15) is 25.1 Å². The van der Waals surface area contributed by atoms with Gasteiger partial charge < -0.3 is 5.32 Å². The van der Waals surface area contributed by atoms with E-state index in [9.17, 15) is 4.79 Å². The minimum atomic E-state index is -0.174. The zero-order valence-electron chi connectivity index (χ0n) is 10.1. The van der Waals surface area contributed by atoms with E-state index in [1.165, 1.54) is 6.08 Å². The molecule has 0 aliphatic rings. The van der Waals surface area contributed by atoms with Crippen LogP contribution in [0.3, 0.4) is 0 Å². The van der Waals surface area contributed by atoms with Crippen LogP contribution in [-0.2, 0) is 10.2 Å². The highest BCUT2D eigenvalue weighted by Gasteiger charge is 2.22. The Morgan fingerprint density at radius 1 is 1.56 bits per heavy atom. The summed E-state index contributed by atoms with van der Waals surface area (Å²) in [6, 6.07) is 4.02. The molecule has 0 saturated carbocycles. The van der Waals surface area contributed by atoms with Crippen molar-refractivity contribution in [3.63, 3.8) is 0 Å². The molecular weight excluding hydrogens is 200 g/mol. The summed E-state index contributed by atoms with van der Waals surface area (Å²) < 4.78 is 0. The lowest BCUT2D eigenvalue weighted by molar-refractivity contribution is -0.116. The maximum atomic E-state index is 11.1. The number of rotatable bonds is 4. The number of amides is 1. The Kier molecular flexibility index (Phi) is 3.82. The second-order valence-electron chi connectivity index (χ2n) is 4.53. The molecule has 1 amide bonds. The fourth-order valence-electron chi connectivity index (χ4n) is 1.34. The second-order valence-corrected chi connectivity index (χ2v) is 4.53. The minimum Gasteiger partial charge on any atom is -0.352 e. The Morgan fingerprint density at radius 2 is 2.25 bits per heavy atom. The molecule has 0 atom stereocenters. The summed E-state index contributed by atoms with van der Waals surface area (Å²) in [5, 5.41) is 2.79. The van der Waals surface area contributed by atoms with Crippen molar-refractivity contribution in [3.8, 4) is 0 Å². The molecule has 1 heterocycles. The summed E-state index contributed by atoms with van der Waals surface area (Å²) in [7, 11) is 0. The van der Waals surface area contributed by atoms with Crippen LogP contribution in [0.4, 0.5) is 0 Å². The van der Waals surface area contributed by atoms with E-state index in [2.05, 4.69) is 16.9 Å². The van der Waals surface area contributed by atoms with E-state index in [4.69, 9.17) is 0 Å². The Hall–Kier alpha value is -1.64. The van der Waals surface area contributed by atoms with Gasteiger partial charge >= 0.3 is 0 Å². The van der Waals surface area contributed by atoms with Crippen molar-refractivity contribution in [2.24, 2.45) is 0 Å². The van der Waals surface area contributed by atoms with Gasteiger partial charge in [0.25, 0.3) is 0 Å².